The zero-order chi connectivity index (χ0) is 11.3. The van der Waals surface area contributed by atoms with Gasteiger partial charge in [0.1, 0.15) is 5.82 Å². The molecule has 1 rings (SSSR count). The summed E-state index contributed by atoms with van der Waals surface area (Å²) in [4.78, 5) is 0. The van der Waals surface area contributed by atoms with Crippen LogP contribution in [0.1, 0.15) is 38.7 Å². The van der Waals surface area contributed by atoms with Crippen molar-refractivity contribution in [2.75, 3.05) is 0 Å². The van der Waals surface area contributed by atoms with E-state index in [0.29, 0.717) is 10.9 Å². The van der Waals surface area contributed by atoms with Crippen LogP contribution in [0.4, 0.5) is 4.39 Å². The van der Waals surface area contributed by atoms with E-state index in [4.69, 9.17) is 11.6 Å². The van der Waals surface area contributed by atoms with Crippen LogP contribution in [0.3, 0.4) is 0 Å². The summed E-state index contributed by atoms with van der Waals surface area (Å²) >= 11 is 5.81. The lowest BCUT2D eigenvalue weighted by Gasteiger charge is -2.13. The Hall–Kier alpha value is -0.560. The molecule has 0 aromatic heterocycles. The van der Waals surface area contributed by atoms with Crippen molar-refractivity contribution in [2.45, 2.75) is 39.5 Å². The third-order valence-electron chi connectivity index (χ3n) is 2.72. The Labute approximate surface area is 96.5 Å². The third kappa shape index (κ3) is 4.21. The lowest BCUT2D eigenvalue weighted by Crippen LogP contribution is -2.03. The van der Waals surface area contributed by atoms with Crippen molar-refractivity contribution in [3.05, 3.63) is 34.6 Å². The SMILES string of the molecule is CCCC(CC)Cc1cc(F)cc(Cl)c1. The Kier molecular flexibility index (Phi) is 5.10. The molecule has 2 heteroatoms. The largest absolute Gasteiger partial charge is 0.207 e. The lowest BCUT2D eigenvalue weighted by atomic mass is 9.93. The van der Waals surface area contributed by atoms with Gasteiger partial charge in [0.25, 0.3) is 0 Å². The predicted molar refractivity (Wildman–Crippen MR) is 63.8 cm³/mol. The Balaban J connectivity index is 2.69. The highest BCUT2D eigenvalue weighted by Crippen LogP contribution is 2.21. The third-order valence-corrected chi connectivity index (χ3v) is 2.94. The fraction of sp³-hybridized carbons (Fsp3) is 0.538. The van der Waals surface area contributed by atoms with Crippen LogP contribution >= 0.6 is 11.6 Å². The molecule has 0 aliphatic carbocycles. The lowest BCUT2D eigenvalue weighted by molar-refractivity contribution is 0.461. The minimum absolute atomic E-state index is 0.233. The molecule has 0 radical (unpaired) electrons. The van der Waals surface area contributed by atoms with Gasteiger partial charge in [-0.1, -0.05) is 44.7 Å². The summed E-state index contributed by atoms with van der Waals surface area (Å²) in [6, 6.07) is 4.80. The van der Waals surface area contributed by atoms with E-state index in [9.17, 15) is 4.39 Å². The number of halogens is 2. The van der Waals surface area contributed by atoms with Gasteiger partial charge in [-0.15, -0.1) is 0 Å². The Morgan fingerprint density at radius 1 is 1.27 bits per heavy atom. The normalized spacial score (nSPS) is 12.8. The second kappa shape index (κ2) is 6.12. The molecule has 1 aromatic rings. The summed E-state index contributed by atoms with van der Waals surface area (Å²) in [5.74, 6) is 0.414. The maximum atomic E-state index is 13.1. The van der Waals surface area contributed by atoms with E-state index in [1.54, 1.807) is 6.07 Å². The Morgan fingerprint density at radius 3 is 2.53 bits per heavy atom. The number of hydrogen-bond donors (Lipinski definition) is 0. The van der Waals surface area contributed by atoms with Crippen molar-refractivity contribution >= 4 is 11.6 Å². The van der Waals surface area contributed by atoms with Gasteiger partial charge in [0.05, 0.1) is 0 Å². The van der Waals surface area contributed by atoms with Crippen molar-refractivity contribution in [3.8, 4) is 0 Å². The quantitative estimate of drug-likeness (QED) is 0.676. The highest BCUT2D eigenvalue weighted by atomic mass is 35.5. The first-order valence-corrected chi connectivity index (χ1v) is 5.98. The highest BCUT2D eigenvalue weighted by Gasteiger charge is 2.07. The molecule has 0 spiro atoms. The fourth-order valence-electron chi connectivity index (χ4n) is 1.92. The Bertz CT molecular complexity index is 289. The molecule has 1 unspecified atom stereocenters. The van der Waals surface area contributed by atoms with Crippen LogP contribution < -0.4 is 0 Å². The molecular formula is C13H18ClF. The zero-order valence-electron chi connectivity index (χ0n) is 9.39. The van der Waals surface area contributed by atoms with Gasteiger partial charge >= 0.3 is 0 Å². The molecule has 0 bridgehead atoms. The molecule has 0 saturated carbocycles. The number of benzene rings is 1. The van der Waals surface area contributed by atoms with Crippen molar-refractivity contribution in [3.63, 3.8) is 0 Å². The zero-order valence-corrected chi connectivity index (χ0v) is 10.1. The maximum absolute atomic E-state index is 13.1. The molecule has 0 saturated heterocycles. The molecule has 15 heavy (non-hydrogen) atoms. The molecule has 0 fully saturated rings. The summed E-state index contributed by atoms with van der Waals surface area (Å²) in [6.45, 7) is 4.36. The predicted octanol–water partition coefficient (Wildman–Crippen LogP) is 4.85. The second-order valence-electron chi connectivity index (χ2n) is 4.04. The van der Waals surface area contributed by atoms with Crippen molar-refractivity contribution < 1.29 is 4.39 Å². The summed E-state index contributed by atoms with van der Waals surface area (Å²) in [5, 5.41) is 0.497. The Morgan fingerprint density at radius 2 is 2.00 bits per heavy atom. The molecule has 0 nitrogen and oxygen atoms in total. The molecule has 84 valence electrons. The van der Waals surface area contributed by atoms with E-state index >= 15 is 0 Å². The van der Waals surface area contributed by atoms with Crippen LogP contribution in [0, 0.1) is 11.7 Å². The van der Waals surface area contributed by atoms with E-state index in [0.717, 1.165) is 18.4 Å². The van der Waals surface area contributed by atoms with E-state index in [2.05, 4.69) is 13.8 Å². The van der Waals surface area contributed by atoms with Gasteiger partial charge in [-0.3, -0.25) is 0 Å². The second-order valence-corrected chi connectivity index (χ2v) is 4.48. The monoisotopic (exact) mass is 228 g/mol. The summed E-state index contributed by atoms with van der Waals surface area (Å²) in [5.41, 5.74) is 1.01. The van der Waals surface area contributed by atoms with Gasteiger partial charge in [-0.05, 0) is 36.1 Å². The van der Waals surface area contributed by atoms with E-state index in [1.165, 1.54) is 18.9 Å². The first-order chi connectivity index (χ1) is 7.15. The smallest absolute Gasteiger partial charge is 0.124 e. The summed E-state index contributed by atoms with van der Waals surface area (Å²) in [7, 11) is 0. The van der Waals surface area contributed by atoms with Crippen LogP contribution in [0.15, 0.2) is 18.2 Å². The molecule has 0 N–H and O–H groups in total. The van der Waals surface area contributed by atoms with Crippen LogP contribution in [0.5, 0.6) is 0 Å². The highest BCUT2D eigenvalue weighted by molar-refractivity contribution is 6.30. The first-order valence-electron chi connectivity index (χ1n) is 5.60. The van der Waals surface area contributed by atoms with Crippen molar-refractivity contribution in [2.24, 2.45) is 5.92 Å². The standard InChI is InChI=1S/C13H18ClF/c1-3-5-10(4-2)6-11-7-12(14)9-13(15)8-11/h7-10H,3-6H2,1-2H3. The fourth-order valence-corrected chi connectivity index (χ4v) is 2.17. The van der Waals surface area contributed by atoms with Crippen LogP contribution in [0.25, 0.3) is 0 Å². The van der Waals surface area contributed by atoms with Gasteiger partial charge < -0.3 is 0 Å². The van der Waals surface area contributed by atoms with Crippen LogP contribution in [-0.2, 0) is 6.42 Å². The van der Waals surface area contributed by atoms with E-state index in [-0.39, 0.29) is 5.82 Å². The van der Waals surface area contributed by atoms with E-state index < -0.39 is 0 Å². The summed E-state index contributed by atoms with van der Waals surface area (Å²) in [6.07, 6.45) is 4.45. The number of hydrogen-bond acceptors (Lipinski definition) is 0. The minimum Gasteiger partial charge on any atom is -0.207 e. The van der Waals surface area contributed by atoms with Gasteiger partial charge in [-0.25, -0.2) is 4.39 Å². The molecule has 0 amide bonds. The van der Waals surface area contributed by atoms with Gasteiger partial charge in [0, 0.05) is 5.02 Å². The van der Waals surface area contributed by atoms with Crippen molar-refractivity contribution in [1.82, 2.24) is 0 Å². The molecular weight excluding hydrogens is 211 g/mol. The summed E-state index contributed by atoms with van der Waals surface area (Å²) < 4.78 is 13.1. The minimum atomic E-state index is -0.233. The molecule has 1 atom stereocenters. The average Bonchev–Trinajstić information content (AvgIpc) is 2.15. The molecule has 0 aliphatic rings. The van der Waals surface area contributed by atoms with Crippen LogP contribution in [0.2, 0.25) is 5.02 Å². The van der Waals surface area contributed by atoms with Crippen LogP contribution in [-0.4, -0.2) is 0 Å². The van der Waals surface area contributed by atoms with Gasteiger partial charge in [0.15, 0.2) is 0 Å². The topological polar surface area (TPSA) is 0 Å². The average molecular weight is 229 g/mol. The molecule has 0 heterocycles. The molecule has 1 aromatic carbocycles. The van der Waals surface area contributed by atoms with Gasteiger partial charge in [0.2, 0.25) is 0 Å². The number of rotatable bonds is 5. The maximum Gasteiger partial charge on any atom is 0.124 e. The van der Waals surface area contributed by atoms with E-state index in [1.807, 2.05) is 6.07 Å². The van der Waals surface area contributed by atoms with Gasteiger partial charge in [-0.2, -0.15) is 0 Å². The first kappa shape index (κ1) is 12.5. The van der Waals surface area contributed by atoms with Crippen molar-refractivity contribution in [1.29, 1.82) is 0 Å². The molecule has 0 aliphatic heterocycles.